The molecule has 110 valence electrons. The second-order valence-electron chi connectivity index (χ2n) is 5.65. The summed E-state index contributed by atoms with van der Waals surface area (Å²) in [6, 6.07) is 0. The second kappa shape index (κ2) is 11.0. The summed E-state index contributed by atoms with van der Waals surface area (Å²) in [6.45, 7) is 4.54. The third-order valence-corrected chi connectivity index (χ3v) is 3.92. The zero-order valence-electron chi connectivity index (χ0n) is 12.8. The van der Waals surface area contributed by atoms with Gasteiger partial charge in [-0.1, -0.05) is 76.8 Å². The molecule has 1 aromatic heterocycles. The van der Waals surface area contributed by atoms with E-state index in [2.05, 4.69) is 29.3 Å². The maximum Gasteiger partial charge on any atom is 0.0855 e. The van der Waals surface area contributed by atoms with Gasteiger partial charge in [-0.15, -0.1) is 5.10 Å². The van der Waals surface area contributed by atoms with Gasteiger partial charge in [-0.05, 0) is 12.8 Å². The summed E-state index contributed by atoms with van der Waals surface area (Å²) in [7, 11) is 0. The molecule has 19 heavy (non-hydrogen) atoms. The summed E-state index contributed by atoms with van der Waals surface area (Å²) in [5, 5.41) is 11.0. The molecule has 1 unspecified atom stereocenters. The number of unbranched alkanes of at least 4 members (excludes halogenated alkanes) is 7. The summed E-state index contributed by atoms with van der Waals surface area (Å²) < 4.78 is 0. The molecule has 1 heterocycles. The minimum Gasteiger partial charge on any atom is -0.265 e. The van der Waals surface area contributed by atoms with Gasteiger partial charge in [0.2, 0.25) is 0 Å². The Morgan fingerprint density at radius 3 is 2.00 bits per heavy atom. The highest BCUT2D eigenvalue weighted by atomic mass is 15.3. The van der Waals surface area contributed by atoms with E-state index in [0.717, 1.165) is 0 Å². The number of aromatic amines is 1. The monoisotopic (exact) mass is 265 g/mol. The fourth-order valence-corrected chi connectivity index (χ4v) is 2.66. The van der Waals surface area contributed by atoms with E-state index < -0.39 is 0 Å². The molecule has 3 heteroatoms. The second-order valence-corrected chi connectivity index (χ2v) is 5.65. The largest absolute Gasteiger partial charge is 0.265 e. The quantitative estimate of drug-likeness (QED) is 0.526. The first kappa shape index (κ1) is 16.2. The molecule has 1 N–H and O–H groups in total. The van der Waals surface area contributed by atoms with Crippen molar-refractivity contribution < 1.29 is 0 Å². The molecule has 1 aromatic rings. The molecule has 0 saturated heterocycles. The van der Waals surface area contributed by atoms with Crippen LogP contribution in [0.25, 0.3) is 0 Å². The molecule has 0 amide bonds. The first-order valence-electron chi connectivity index (χ1n) is 8.24. The van der Waals surface area contributed by atoms with Crippen molar-refractivity contribution in [2.24, 2.45) is 0 Å². The molecule has 0 saturated carbocycles. The highest BCUT2D eigenvalue weighted by Gasteiger charge is 2.13. The molecule has 1 rings (SSSR count). The topological polar surface area (TPSA) is 41.6 Å². The molecular weight excluding hydrogens is 234 g/mol. The van der Waals surface area contributed by atoms with Crippen molar-refractivity contribution in [2.75, 3.05) is 0 Å². The third kappa shape index (κ3) is 7.34. The van der Waals surface area contributed by atoms with Crippen molar-refractivity contribution in [1.82, 2.24) is 15.4 Å². The van der Waals surface area contributed by atoms with Crippen LogP contribution >= 0.6 is 0 Å². The maximum absolute atomic E-state index is 4.22. The van der Waals surface area contributed by atoms with Crippen LogP contribution in [0.4, 0.5) is 0 Å². The van der Waals surface area contributed by atoms with Gasteiger partial charge in [-0.25, -0.2) is 0 Å². The van der Waals surface area contributed by atoms with Crippen LogP contribution in [0.2, 0.25) is 0 Å². The Morgan fingerprint density at radius 2 is 1.47 bits per heavy atom. The van der Waals surface area contributed by atoms with Crippen LogP contribution in [0.5, 0.6) is 0 Å². The average Bonchev–Trinajstić information content (AvgIpc) is 2.95. The predicted molar refractivity (Wildman–Crippen MR) is 81.3 cm³/mol. The van der Waals surface area contributed by atoms with Crippen molar-refractivity contribution in [3.63, 3.8) is 0 Å². The first-order valence-corrected chi connectivity index (χ1v) is 8.24. The predicted octanol–water partition coefficient (Wildman–Crippen LogP) is 5.22. The van der Waals surface area contributed by atoms with Crippen molar-refractivity contribution in [2.45, 2.75) is 90.4 Å². The Labute approximate surface area is 118 Å². The zero-order chi connectivity index (χ0) is 13.8. The normalized spacial score (nSPS) is 12.7. The van der Waals surface area contributed by atoms with E-state index in [1.807, 2.05) is 6.20 Å². The average molecular weight is 265 g/mol. The van der Waals surface area contributed by atoms with Gasteiger partial charge in [0, 0.05) is 12.1 Å². The van der Waals surface area contributed by atoms with Crippen LogP contribution in [0.3, 0.4) is 0 Å². The van der Waals surface area contributed by atoms with Gasteiger partial charge >= 0.3 is 0 Å². The molecule has 0 aromatic carbocycles. The number of aromatic nitrogens is 3. The van der Waals surface area contributed by atoms with E-state index in [4.69, 9.17) is 0 Å². The van der Waals surface area contributed by atoms with Gasteiger partial charge in [0.25, 0.3) is 0 Å². The number of nitrogens with one attached hydrogen (secondary N) is 1. The molecule has 0 spiro atoms. The fraction of sp³-hybridized carbons (Fsp3) is 0.875. The van der Waals surface area contributed by atoms with Crippen LogP contribution in [-0.2, 0) is 0 Å². The number of hydrogen-bond acceptors (Lipinski definition) is 2. The Kier molecular flexibility index (Phi) is 9.38. The molecule has 0 aliphatic rings. The van der Waals surface area contributed by atoms with Crippen LogP contribution in [-0.4, -0.2) is 15.4 Å². The molecule has 0 fully saturated rings. The lowest BCUT2D eigenvalue weighted by atomic mass is 9.92. The number of rotatable bonds is 12. The lowest BCUT2D eigenvalue weighted by Gasteiger charge is -2.14. The highest BCUT2D eigenvalue weighted by Crippen LogP contribution is 2.26. The van der Waals surface area contributed by atoms with E-state index in [-0.39, 0.29) is 0 Å². The number of nitrogens with zero attached hydrogens (tertiary/aromatic N) is 2. The standard InChI is InChI=1S/C16H31N3/c1-3-5-7-9-11-13-15(12-10-8-6-4-2)16-14-17-19-18-16/h14-15H,3-13H2,1-2H3,(H,17,18,19). The molecule has 0 aliphatic carbocycles. The minimum absolute atomic E-state index is 0.622. The van der Waals surface area contributed by atoms with Crippen LogP contribution in [0.1, 0.15) is 96.1 Å². The van der Waals surface area contributed by atoms with Gasteiger partial charge in [0.15, 0.2) is 0 Å². The summed E-state index contributed by atoms with van der Waals surface area (Å²) >= 11 is 0. The maximum atomic E-state index is 4.22. The van der Waals surface area contributed by atoms with Crippen molar-refractivity contribution in [1.29, 1.82) is 0 Å². The summed E-state index contributed by atoms with van der Waals surface area (Å²) in [4.78, 5) is 0. The van der Waals surface area contributed by atoms with Gasteiger partial charge in [0.1, 0.15) is 0 Å². The van der Waals surface area contributed by atoms with Crippen LogP contribution < -0.4 is 0 Å². The number of hydrogen-bond donors (Lipinski definition) is 1. The van der Waals surface area contributed by atoms with E-state index >= 15 is 0 Å². The van der Waals surface area contributed by atoms with E-state index in [0.29, 0.717) is 5.92 Å². The Morgan fingerprint density at radius 1 is 0.895 bits per heavy atom. The summed E-state index contributed by atoms with van der Waals surface area (Å²) in [6.07, 6.45) is 16.7. The van der Waals surface area contributed by atoms with Gasteiger partial charge in [0.05, 0.1) is 5.69 Å². The van der Waals surface area contributed by atoms with Gasteiger partial charge in [-0.3, -0.25) is 5.10 Å². The molecule has 3 nitrogen and oxygen atoms in total. The van der Waals surface area contributed by atoms with Crippen molar-refractivity contribution >= 4 is 0 Å². The third-order valence-electron chi connectivity index (χ3n) is 3.92. The summed E-state index contributed by atoms with van der Waals surface area (Å²) in [5.74, 6) is 0.622. The SMILES string of the molecule is CCCCCCCC(CCCCCC)c1c[nH]nn1. The van der Waals surface area contributed by atoms with Gasteiger partial charge in [-0.2, -0.15) is 0 Å². The minimum atomic E-state index is 0.622. The Hall–Kier alpha value is -0.860. The molecule has 1 atom stereocenters. The van der Waals surface area contributed by atoms with Crippen LogP contribution in [0.15, 0.2) is 6.20 Å². The Bertz CT molecular complexity index is 282. The van der Waals surface area contributed by atoms with Crippen LogP contribution in [0, 0.1) is 0 Å². The smallest absolute Gasteiger partial charge is 0.0855 e. The molecule has 0 radical (unpaired) electrons. The lowest BCUT2D eigenvalue weighted by molar-refractivity contribution is 0.485. The number of H-pyrrole nitrogens is 1. The van der Waals surface area contributed by atoms with Gasteiger partial charge < -0.3 is 0 Å². The van der Waals surface area contributed by atoms with E-state index in [1.54, 1.807) is 0 Å². The Balaban J connectivity index is 2.25. The zero-order valence-corrected chi connectivity index (χ0v) is 12.8. The van der Waals surface area contributed by atoms with Crippen molar-refractivity contribution in [3.05, 3.63) is 11.9 Å². The molecule has 0 bridgehead atoms. The van der Waals surface area contributed by atoms with E-state index in [1.165, 1.54) is 76.3 Å². The molecular formula is C16H31N3. The van der Waals surface area contributed by atoms with E-state index in [9.17, 15) is 0 Å². The first-order chi connectivity index (χ1) is 9.38. The fourth-order valence-electron chi connectivity index (χ4n) is 2.66. The highest BCUT2D eigenvalue weighted by molar-refractivity contribution is 5.00. The molecule has 0 aliphatic heterocycles. The van der Waals surface area contributed by atoms with Crippen molar-refractivity contribution in [3.8, 4) is 0 Å². The summed E-state index contributed by atoms with van der Waals surface area (Å²) in [5.41, 5.74) is 1.17. The lowest BCUT2D eigenvalue weighted by Crippen LogP contribution is -2.00.